The highest BCUT2D eigenvalue weighted by atomic mass is 32.1. The van der Waals surface area contributed by atoms with Gasteiger partial charge in [-0.05, 0) is 67.9 Å². The van der Waals surface area contributed by atoms with E-state index >= 15 is 0 Å². The van der Waals surface area contributed by atoms with Gasteiger partial charge in [0.1, 0.15) is 5.75 Å². The number of carbonyl (C=O) groups excluding carboxylic acids is 2. The number of carbonyl (C=O) groups is 2. The number of rotatable bonds is 6. The van der Waals surface area contributed by atoms with E-state index in [-0.39, 0.29) is 17.7 Å². The number of nitrogens with one attached hydrogen (secondary N) is 1. The van der Waals surface area contributed by atoms with Gasteiger partial charge >= 0.3 is 0 Å². The van der Waals surface area contributed by atoms with E-state index in [1.165, 1.54) is 24.2 Å². The first-order valence-corrected chi connectivity index (χ1v) is 11.2. The van der Waals surface area contributed by atoms with Crippen molar-refractivity contribution < 1.29 is 14.3 Å². The van der Waals surface area contributed by atoms with Gasteiger partial charge in [-0.3, -0.25) is 9.59 Å². The number of methoxy groups -OCH3 is 1. The largest absolute Gasteiger partial charge is 0.497 e. The molecule has 1 N–H and O–H groups in total. The number of nitrogens with zero attached hydrogens (tertiary/aromatic N) is 1. The molecule has 4 rings (SSSR count). The summed E-state index contributed by atoms with van der Waals surface area (Å²) in [7, 11) is 1.65. The number of aryl methyl sites for hydroxylation is 1. The zero-order chi connectivity index (χ0) is 20.4. The van der Waals surface area contributed by atoms with E-state index in [0.717, 1.165) is 52.6 Å². The Bertz CT molecular complexity index is 886. The Morgan fingerprint density at radius 1 is 1.21 bits per heavy atom. The van der Waals surface area contributed by atoms with Gasteiger partial charge < -0.3 is 15.0 Å². The highest BCUT2D eigenvalue weighted by Gasteiger charge is 2.31. The molecule has 2 heterocycles. The summed E-state index contributed by atoms with van der Waals surface area (Å²) >= 11 is 1.53. The predicted molar refractivity (Wildman–Crippen MR) is 115 cm³/mol. The molecule has 1 unspecified atom stereocenters. The molecule has 0 radical (unpaired) electrons. The summed E-state index contributed by atoms with van der Waals surface area (Å²) in [6, 6.07) is 9.89. The normalized spacial score (nSPS) is 19.1. The molecule has 154 valence electrons. The van der Waals surface area contributed by atoms with Crippen LogP contribution < -0.4 is 10.1 Å². The molecule has 1 saturated heterocycles. The molecule has 1 aromatic heterocycles. The predicted octanol–water partition coefficient (Wildman–Crippen LogP) is 4.11. The lowest BCUT2D eigenvalue weighted by molar-refractivity contribution is -0.126. The van der Waals surface area contributed by atoms with Crippen molar-refractivity contribution >= 4 is 23.2 Å². The lowest BCUT2D eigenvalue weighted by atomic mass is 9.97. The van der Waals surface area contributed by atoms with Crippen LogP contribution in [-0.4, -0.2) is 43.5 Å². The van der Waals surface area contributed by atoms with E-state index in [1.807, 2.05) is 42.2 Å². The van der Waals surface area contributed by atoms with Crippen molar-refractivity contribution in [1.29, 1.82) is 0 Å². The third-order valence-electron chi connectivity index (χ3n) is 5.87. The molecule has 29 heavy (non-hydrogen) atoms. The fourth-order valence-corrected chi connectivity index (χ4v) is 4.90. The summed E-state index contributed by atoms with van der Waals surface area (Å²) in [5, 5.41) is 3.07. The topological polar surface area (TPSA) is 58.6 Å². The number of benzene rings is 1. The molecular formula is C23H28N2O3S. The lowest BCUT2D eigenvalue weighted by Gasteiger charge is -2.31. The molecule has 2 amide bonds. The van der Waals surface area contributed by atoms with Crippen molar-refractivity contribution in [3.8, 4) is 16.9 Å². The van der Waals surface area contributed by atoms with Gasteiger partial charge in [0.05, 0.1) is 17.9 Å². The van der Waals surface area contributed by atoms with Crippen molar-refractivity contribution in [1.82, 2.24) is 10.2 Å². The maximum absolute atomic E-state index is 13.1. The fourth-order valence-electron chi connectivity index (χ4n) is 3.89. The summed E-state index contributed by atoms with van der Waals surface area (Å²) in [5.41, 5.74) is 2.16. The molecule has 1 atom stereocenters. The van der Waals surface area contributed by atoms with Crippen molar-refractivity contribution in [2.45, 2.75) is 32.6 Å². The van der Waals surface area contributed by atoms with Crippen LogP contribution in [-0.2, 0) is 4.79 Å². The molecule has 2 aromatic rings. The van der Waals surface area contributed by atoms with Crippen molar-refractivity contribution in [3.63, 3.8) is 0 Å². The van der Waals surface area contributed by atoms with Crippen LogP contribution in [0, 0.1) is 18.8 Å². The van der Waals surface area contributed by atoms with Gasteiger partial charge in [-0.25, -0.2) is 0 Å². The average molecular weight is 413 g/mol. The minimum absolute atomic E-state index is 0.0394. The first-order valence-electron chi connectivity index (χ1n) is 10.4. The Hall–Kier alpha value is -2.34. The Morgan fingerprint density at radius 2 is 1.97 bits per heavy atom. The SMILES string of the molecule is COc1ccc(-c2cc(C(=O)N3CCCC(C(=O)NCC4CC4)C3)sc2C)cc1. The maximum Gasteiger partial charge on any atom is 0.263 e. The van der Waals surface area contributed by atoms with Gasteiger partial charge in [-0.2, -0.15) is 0 Å². The highest BCUT2D eigenvalue weighted by Crippen LogP contribution is 2.33. The number of amides is 2. The molecule has 0 bridgehead atoms. The van der Waals surface area contributed by atoms with Crippen LogP contribution in [0.25, 0.3) is 11.1 Å². The first kappa shape index (κ1) is 20.0. The zero-order valence-electron chi connectivity index (χ0n) is 17.1. The second kappa shape index (κ2) is 8.57. The van der Waals surface area contributed by atoms with Crippen LogP contribution in [0.15, 0.2) is 30.3 Å². The number of thiophene rings is 1. The summed E-state index contributed by atoms with van der Waals surface area (Å²) < 4.78 is 5.23. The van der Waals surface area contributed by atoms with E-state index in [2.05, 4.69) is 5.32 Å². The smallest absolute Gasteiger partial charge is 0.263 e. The second-order valence-corrected chi connectivity index (χ2v) is 9.34. The minimum atomic E-state index is -0.0893. The van der Waals surface area contributed by atoms with Crippen molar-refractivity contribution in [3.05, 3.63) is 40.1 Å². The monoisotopic (exact) mass is 412 g/mol. The average Bonchev–Trinajstić information content (AvgIpc) is 3.51. The number of hydrogen-bond acceptors (Lipinski definition) is 4. The van der Waals surface area contributed by atoms with E-state index < -0.39 is 0 Å². The van der Waals surface area contributed by atoms with Crippen molar-refractivity contribution in [2.24, 2.45) is 11.8 Å². The number of ether oxygens (including phenoxy) is 1. The van der Waals surface area contributed by atoms with Crippen LogP contribution in [0.5, 0.6) is 5.75 Å². The molecule has 1 aliphatic heterocycles. The quantitative estimate of drug-likeness (QED) is 0.777. The molecule has 2 fully saturated rings. The van der Waals surface area contributed by atoms with Gasteiger partial charge in [0.2, 0.25) is 5.91 Å². The Kier molecular flexibility index (Phi) is 5.90. The summed E-state index contributed by atoms with van der Waals surface area (Å²) in [6.07, 6.45) is 4.19. The Morgan fingerprint density at radius 3 is 2.66 bits per heavy atom. The van der Waals surface area contributed by atoms with Crippen molar-refractivity contribution in [2.75, 3.05) is 26.7 Å². The standard InChI is InChI=1S/C23H28N2O3S/c1-15-20(17-7-9-19(28-2)10-8-17)12-21(29-15)23(27)25-11-3-4-18(14-25)22(26)24-13-16-5-6-16/h7-10,12,16,18H,3-6,11,13-14H2,1-2H3,(H,24,26). The van der Waals surface area contributed by atoms with Crippen LogP contribution in [0.2, 0.25) is 0 Å². The van der Waals surface area contributed by atoms with E-state index in [1.54, 1.807) is 7.11 Å². The molecule has 1 saturated carbocycles. The van der Waals surface area contributed by atoms with Crippen LogP contribution in [0.1, 0.15) is 40.2 Å². The molecule has 0 spiro atoms. The third-order valence-corrected chi connectivity index (χ3v) is 6.91. The molecular weight excluding hydrogens is 384 g/mol. The maximum atomic E-state index is 13.1. The van der Waals surface area contributed by atoms with Gasteiger partial charge in [-0.15, -0.1) is 11.3 Å². The number of piperidine rings is 1. The van der Waals surface area contributed by atoms with Gasteiger partial charge in [0.25, 0.3) is 5.91 Å². The lowest BCUT2D eigenvalue weighted by Crippen LogP contribution is -2.45. The van der Waals surface area contributed by atoms with Crippen LogP contribution in [0.4, 0.5) is 0 Å². The van der Waals surface area contributed by atoms with E-state index in [4.69, 9.17) is 4.74 Å². The van der Waals surface area contributed by atoms with E-state index in [0.29, 0.717) is 12.5 Å². The summed E-state index contributed by atoms with van der Waals surface area (Å²) in [4.78, 5) is 29.3. The Balaban J connectivity index is 1.43. The third kappa shape index (κ3) is 4.64. The number of hydrogen-bond donors (Lipinski definition) is 1. The molecule has 5 nitrogen and oxygen atoms in total. The molecule has 6 heteroatoms. The molecule has 1 aliphatic carbocycles. The van der Waals surface area contributed by atoms with Crippen LogP contribution >= 0.6 is 11.3 Å². The summed E-state index contributed by atoms with van der Waals surface area (Å²) in [6.45, 7) is 4.08. The fraction of sp³-hybridized carbons (Fsp3) is 0.478. The Labute approximate surface area is 176 Å². The number of likely N-dealkylation sites (tertiary alicyclic amines) is 1. The second-order valence-electron chi connectivity index (χ2n) is 8.09. The van der Waals surface area contributed by atoms with Gasteiger partial charge in [0, 0.05) is 24.5 Å². The first-order chi connectivity index (χ1) is 14.0. The van der Waals surface area contributed by atoms with Crippen LogP contribution in [0.3, 0.4) is 0 Å². The molecule has 1 aromatic carbocycles. The molecule has 2 aliphatic rings. The highest BCUT2D eigenvalue weighted by molar-refractivity contribution is 7.14. The summed E-state index contributed by atoms with van der Waals surface area (Å²) in [5.74, 6) is 1.55. The van der Waals surface area contributed by atoms with Gasteiger partial charge in [0.15, 0.2) is 0 Å². The zero-order valence-corrected chi connectivity index (χ0v) is 17.9. The van der Waals surface area contributed by atoms with Gasteiger partial charge in [-0.1, -0.05) is 12.1 Å². The van der Waals surface area contributed by atoms with E-state index in [9.17, 15) is 9.59 Å². The minimum Gasteiger partial charge on any atom is -0.497 e.